The van der Waals surface area contributed by atoms with Crippen LogP contribution in [0.25, 0.3) is 0 Å². The Morgan fingerprint density at radius 2 is 2.00 bits per heavy atom. The molecule has 76 valence electrons. The number of rotatable bonds is 3. The quantitative estimate of drug-likeness (QED) is 0.777. The smallest absolute Gasteiger partial charge is 0.123 e. The van der Waals surface area contributed by atoms with Crippen LogP contribution in [-0.2, 0) is 6.42 Å². The van der Waals surface area contributed by atoms with Crippen LogP contribution in [0.1, 0.15) is 25.3 Å². The van der Waals surface area contributed by atoms with Gasteiger partial charge in [-0.05, 0) is 43.5 Å². The van der Waals surface area contributed by atoms with E-state index in [0.29, 0.717) is 0 Å². The van der Waals surface area contributed by atoms with Crippen molar-refractivity contribution in [1.29, 1.82) is 0 Å². The Morgan fingerprint density at radius 3 is 2.43 bits per heavy atom. The summed E-state index contributed by atoms with van der Waals surface area (Å²) in [6.45, 7) is 3.32. The molecule has 0 aromatic heterocycles. The third-order valence-corrected chi connectivity index (χ3v) is 3.24. The first-order valence-corrected chi connectivity index (χ1v) is 5.24. The van der Waals surface area contributed by atoms with Crippen LogP contribution in [-0.4, -0.2) is 12.1 Å². The van der Waals surface area contributed by atoms with E-state index in [2.05, 4.69) is 12.2 Å². The molecule has 0 radical (unpaired) electrons. The molecule has 14 heavy (non-hydrogen) atoms. The number of nitrogens with one attached hydrogen (secondary N) is 1. The van der Waals surface area contributed by atoms with Crippen molar-refractivity contribution in [2.75, 3.05) is 6.54 Å². The highest BCUT2D eigenvalue weighted by Gasteiger charge is 2.34. The second-order valence-corrected chi connectivity index (χ2v) is 4.11. The van der Waals surface area contributed by atoms with Gasteiger partial charge in [-0.15, -0.1) is 0 Å². The van der Waals surface area contributed by atoms with Crippen LogP contribution in [0.2, 0.25) is 0 Å². The van der Waals surface area contributed by atoms with Crippen LogP contribution in [0.4, 0.5) is 4.39 Å². The molecule has 1 aromatic carbocycles. The zero-order chi connectivity index (χ0) is 10.0. The zero-order valence-electron chi connectivity index (χ0n) is 8.52. The van der Waals surface area contributed by atoms with Crippen LogP contribution < -0.4 is 5.32 Å². The normalized spacial score (nSPS) is 25.9. The molecule has 1 aliphatic rings. The van der Waals surface area contributed by atoms with Gasteiger partial charge in [0.2, 0.25) is 0 Å². The van der Waals surface area contributed by atoms with E-state index in [1.165, 1.54) is 24.1 Å². The molecule has 1 atom stereocenters. The van der Waals surface area contributed by atoms with E-state index >= 15 is 0 Å². The Bertz CT molecular complexity index is 295. The number of benzene rings is 1. The van der Waals surface area contributed by atoms with Crippen molar-refractivity contribution in [1.82, 2.24) is 5.32 Å². The number of halogens is 1. The lowest BCUT2D eigenvalue weighted by molar-refractivity contribution is 0.198. The monoisotopic (exact) mass is 193 g/mol. The van der Waals surface area contributed by atoms with Gasteiger partial charge in [0.25, 0.3) is 0 Å². The summed E-state index contributed by atoms with van der Waals surface area (Å²) >= 11 is 0. The second kappa shape index (κ2) is 3.70. The molecular weight excluding hydrogens is 177 g/mol. The summed E-state index contributed by atoms with van der Waals surface area (Å²) < 4.78 is 12.7. The maximum atomic E-state index is 12.7. The van der Waals surface area contributed by atoms with Gasteiger partial charge in [-0.1, -0.05) is 19.1 Å². The van der Waals surface area contributed by atoms with Gasteiger partial charge in [-0.25, -0.2) is 4.39 Å². The summed E-state index contributed by atoms with van der Waals surface area (Å²) in [7, 11) is 0. The standard InChI is InChI=1S/C12H16FN/c1-2-12(7-8-14-12)9-10-3-5-11(13)6-4-10/h3-6,14H,2,7-9H2,1H3. The van der Waals surface area contributed by atoms with E-state index in [1.54, 1.807) is 0 Å². The maximum absolute atomic E-state index is 12.7. The Labute approximate surface area is 84.3 Å². The molecular formula is C12H16FN. The van der Waals surface area contributed by atoms with Gasteiger partial charge >= 0.3 is 0 Å². The van der Waals surface area contributed by atoms with E-state index in [-0.39, 0.29) is 11.4 Å². The fraction of sp³-hybridized carbons (Fsp3) is 0.500. The average molecular weight is 193 g/mol. The average Bonchev–Trinajstić information content (AvgIpc) is 2.15. The number of hydrogen-bond acceptors (Lipinski definition) is 1. The van der Waals surface area contributed by atoms with Gasteiger partial charge in [-0.3, -0.25) is 0 Å². The highest BCUT2D eigenvalue weighted by atomic mass is 19.1. The molecule has 1 N–H and O–H groups in total. The summed E-state index contributed by atoms with van der Waals surface area (Å²) in [6, 6.07) is 6.84. The molecule has 1 heterocycles. The minimum absolute atomic E-state index is 0.152. The van der Waals surface area contributed by atoms with Gasteiger partial charge in [0.15, 0.2) is 0 Å². The van der Waals surface area contributed by atoms with Crippen molar-refractivity contribution in [3.05, 3.63) is 35.6 Å². The van der Waals surface area contributed by atoms with Crippen molar-refractivity contribution >= 4 is 0 Å². The molecule has 1 fully saturated rings. The molecule has 0 saturated carbocycles. The molecule has 0 amide bonds. The largest absolute Gasteiger partial charge is 0.311 e. The van der Waals surface area contributed by atoms with Crippen LogP contribution in [0, 0.1) is 5.82 Å². The van der Waals surface area contributed by atoms with Crippen molar-refractivity contribution < 1.29 is 4.39 Å². The van der Waals surface area contributed by atoms with Crippen molar-refractivity contribution in [2.24, 2.45) is 0 Å². The Balaban J connectivity index is 2.06. The summed E-state index contributed by atoms with van der Waals surface area (Å²) in [5.74, 6) is -0.152. The van der Waals surface area contributed by atoms with E-state index in [1.807, 2.05) is 12.1 Å². The first-order chi connectivity index (χ1) is 6.74. The molecule has 1 nitrogen and oxygen atoms in total. The highest BCUT2D eigenvalue weighted by molar-refractivity contribution is 5.20. The van der Waals surface area contributed by atoms with E-state index in [4.69, 9.17) is 0 Å². The van der Waals surface area contributed by atoms with Gasteiger partial charge < -0.3 is 5.32 Å². The zero-order valence-corrected chi connectivity index (χ0v) is 8.52. The highest BCUT2D eigenvalue weighted by Crippen LogP contribution is 2.27. The lowest BCUT2D eigenvalue weighted by Crippen LogP contribution is -2.57. The molecule has 0 bridgehead atoms. The summed E-state index contributed by atoms with van der Waals surface area (Å²) in [5, 5.41) is 3.48. The minimum Gasteiger partial charge on any atom is -0.311 e. The van der Waals surface area contributed by atoms with E-state index in [0.717, 1.165) is 19.4 Å². The molecule has 1 aliphatic heterocycles. The van der Waals surface area contributed by atoms with Gasteiger partial charge in [0.1, 0.15) is 5.82 Å². The van der Waals surface area contributed by atoms with Crippen molar-refractivity contribution in [3.63, 3.8) is 0 Å². The van der Waals surface area contributed by atoms with Crippen LogP contribution in [0.5, 0.6) is 0 Å². The summed E-state index contributed by atoms with van der Waals surface area (Å²) in [5.41, 5.74) is 1.51. The molecule has 1 unspecified atom stereocenters. The molecule has 0 spiro atoms. The van der Waals surface area contributed by atoms with Crippen molar-refractivity contribution in [2.45, 2.75) is 31.7 Å². The first-order valence-electron chi connectivity index (χ1n) is 5.24. The van der Waals surface area contributed by atoms with Gasteiger partial charge in [-0.2, -0.15) is 0 Å². The Morgan fingerprint density at radius 1 is 1.36 bits per heavy atom. The second-order valence-electron chi connectivity index (χ2n) is 4.11. The van der Waals surface area contributed by atoms with Gasteiger partial charge in [0.05, 0.1) is 0 Å². The topological polar surface area (TPSA) is 12.0 Å². The van der Waals surface area contributed by atoms with Crippen LogP contribution >= 0.6 is 0 Å². The Hall–Kier alpha value is -0.890. The molecule has 2 heteroatoms. The van der Waals surface area contributed by atoms with Crippen LogP contribution in [0.3, 0.4) is 0 Å². The molecule has 1 saturated heterocycles. The SMILES string of the molecule is CCC1(Cc2ccc(F)cc2)CCN1. The fourth-order valence-electron chi connectivity index (χ4n) is 2.05. The summed E-state index contributed by atoms with van der Waals surface area (Å²) in [6.07, 6.45) is 3.40. The number of hydrogen-bond donors (Lipinski definition) is 1. The minimum atomic E-state index is -0.152. The summed E-state index contributed by atoms with van der Waals surface area (Å²) in [4.78, 5) is 0. The van der Waals surface area contributed by atoms with Crippen molar-refractivity contribution in [3.8, 4) is 0 Å². The van der Waals surface area contributed by atoms with E-state index in [9.17, 15) is 4.39 Å². The third kappa shape index (κ3) is 1.80. The predicted octanol–water partition coefficient (Wildman–Crippen LogP) is 2.51. The van der Waals surface area contributed by atoms with Crippen LogP contribution in [0.15, 0.2) is 24.3 Å². The molecule has 2 rings (SSSR count). The maximum Gasteiger partial charge on any atom is 0.123 e. The lowest BCUT2D eigenvalue weighted by Gasteiger charge is -2.43. The first kappa shape index (κ1) is 9.66. The van der Waals surface area contributed by atoms with Gasteiger partial charge in [0, 0.05) is 5.54 Å². The fourth-order valence-corrected chi connectivity index (χ4v) is 2.05. The predicted molar refractivity (Wildman–Crippen MR) is 55.7 cm³/mol. The Kier molecular flexibility index (Phi) is 2.55. The molecule has 1 aromatic rings. The molecule has 0 aliphatic carbocycles. The van der Waals surface area contributed by atoms with E-state index < -0.39 is 0 Å². The lowest BCUT2D eigenvalue weighted by atomic mass is 9.80. The third-order valence-electron chi connectivity index (χ3n) is 3.24.